The summed E-state index contributed by atoms with van der Waals surface area (Å²) in [5, 5.41) is 2.62. The van der Waals surface area contributed by atoms with Gasteiger partial charge in [0.25, 0.3) is 11.5 Å². The van der Waals surface area contributed by atoms with E-state index in [0.29, 0.717) is 31.6 Å². The van der Waals surface area contributed by atoms with Gasteiger partial charge < -0.3 is 14.8 Å². The van der Waals surface area contributed by atoms with E-state index >= 15 is 0 Å². The number of fused-ring (bicyclic) bond motifs is 4. The first-order valence-corrected chi connectivity index (χ1v) is 11.2. The molecule has 2 aromatic rings. The largest absolute Gasteiger partial charge is 0.342 e. The molecule has 5 rings (SSSR count). The van der Waals surface area contributed by atoms with Crippen molar-refractivity contribution in [1.29, 1.82) is 0 Å². The first-order valence-electron chi connectivity index (χ1n) is 11.2. The van der Waals surface area contributed by atoms with Crippen LogP contribution in [0.1, 0.15) is 30.0 Å². The molecule has 4 heterocycles. The van der Waals surface area contributed by atoms with E-state index in [-0.39, 0.29) is 42.1 Å². The van der Waals surface area contributed by atoms with Gasteiger partial charge in [-0.1, -0.05) is 18.2 Å². The second kappa shape index (κ2) is 8.46. The van der Waals surface area contributed by atoms with E-state index in [2.05, 4.69) is 5.32 Å². The number of benzene rings is 1. The van der Waals surface area contributed by atoms with Crippen LogP contribution >= 0.6 is 0 Å². The normalized spacial score (nSPS) is 24.0. The number of hydrogen-bond acceptors (Lipinski definition) is 4. The topological polar surface area (TPSA) is 91.7 Å². The third-order valence-corrected chi connectivity index (χ3v) is 6.83. The van der Waals surface area contributed by atoms with Crippen LogP contribution in [0.15, 0.2) is 47.3 Å². The molecule has 0 radical (unpaired) electrons. The van der Waals surface area contributed by atoms with E-state index in [0.717, 1.165) is 17.0 Å². The molecule has 2 fully saturated rings. The van der Waals surface area contributed by atoms with Crippen LogP contribution in [0.5, 0.6) is 0 Å². The summed E-state index contributed by atoms with van der Waals surface area (Å²) >= 11 is 0. The maximum Gasteiger partial charge on any atom is 0.324 e. The minimum Gasteiger partial charge on any atom is -0.342 e. The Bertz CT molecular complexity index is 1180. The van der Waals surface area contributed by atoms with Crippen molar-refractivity contribution in [3.8, 4) is 0 Å². The molecule has 0 aliphatic carbocycles. The van der Waals surface area contributed by atoms with Gasteiger partial charge in [0.15, 0.2) is 0 Å². The van der Waals surface area contributed by atoms with E-state index in [1.807, 2.05) is 6.07 Å². The number of hydrogen-bond donors (Lipinski definition) is 1. The molecule has 0 unspecified atom stereocenters. The summed E-state index contributed by atoms with van der Waals surface area (Å²) in [6, 6.07) is 9.86. The predicted octanol–water partition coefficient (Wildman–Crippen LogP) is 1.49. The van der Waals surface area contributed by atoms with Gasteiger partial charge in [0.05, 0.1) is 6.42 Å². The highest BCUT2D eigenvalue weighted by Crippen LogP contribution is 2.35. The molecule has 8 nitrogen and oxygen atoms in total. The third-order valence-electron chi connectivity index (χ3n) is 6.83. The average Bonchev–Trinajstić information content (AvgIpc) is 3.05. The Kier molecular flexibility index (Phi) is 5.47. The first kappa shape index (κ1) is 21.4. The third kappa shape index (κ3) is 4.15. The summed E-state index contributed by atoms with van der Waals surface area (Å²) < 4.78 is 15.2. The molecule has 3 aliphatic heterocycles. The molecule has 172 valence electrons. The number of halogens is 1. The number of nitrogens with zero attached hydrogens (tertiary/aromatic N) is 3. The zero-order valence-electron chi connectivity index (χ0n) is 18.1. The number of amides is 4. The quantitative estimate of drug-likeness (QED) is 0.696. The lowest BCUT2D eigenvalue weighted by Crippen LogP contribution is -2.50. The van der Waals surface area contributed by atoms with Crippen LogP contribution in [0.25, 0.3) is 0 Å². The minimum absolute atomic E-state index is 0.0143. The van der Waals surface area contributed by atoms with Gasteiger partial charge in [0.2, 0.25) is 5.91 Å². The van der Waals surface area contributed by atoms with Gasteiger partial charge in [0.1, 0.15) is 11.9 Å². The van der Waals surface area contributed by atoms with Gasteiger partial charge in [-0.05, 0) is 42.5 Å². The van der Waals surface area contributed by atoms with Crippen molar-refractivity contribution in [3.63, 3.8) is 0 Å². The summed E-state index contributed by atoms with van der Waals surface area (Å²) in [4.78, 5) is 53.2. The summed E-state index contributed by atoms with van der Waals surface area (Å²) in [6.07, 6.45) is 1.17. The van der Waals surface area contributed by atoms with Crippen LogP contribution in [0.4, 0.5) is 9.18 Å². The molecule has 0 spiro atoms. The molecule has 1 aromatic carbocycles. The fourth-order valence-corrected chi connectivity index (χ4v) is 5.26. The van der Waals surface area contributed by atoms with Crippen molar-refractivity contribution in [3.05, 3.63) is 69.9 Å². The van der Waals surface area contributed by atoms with Crippen molar-refractivity contribution >= 4 is 17.8 Å². The monoisotopic (exact) mass is 452 g/mol. The Morgan fingerprint density at radius 3 is 2.70 bits per heavy atom. The van der Waals surface area contributed by atoms with Gasteiger partial charge in [-0.15, -0.1) is 0 Å². The molecule has 0 saturated carbocycles. The Morgan fingerprint density at radius 2 is 1.88 bits per heavy atom. The molecular formula is C24H25FN4O4. The molecule has 2 bridgehead atoms. The van der Waals surface area contributed by atoms with Gasteiger partial charge >= 0.3 is 6.03 Å². The Morgan fingerprint density at radius 1 is 1.06 bits per heavy atom. The van der Waals surface area contributed by atoms with E-state index in [4.69, 9.17) is 0 Å². The molecule has 3 aliphatic rings. The van der Waals surface area contributed by atoms with Crippen LogP contribution in [0.3, 0.4) is 0 Å². The number of urea groups is 1. The molecule has 3 atom stereocenters. The van der Waals surface area contributed by atoms with Crippen molar-refractivity contribution in [2.45, 2.75) is 37.8 Å². The van der Waals surface area contributed by atoms with Gasteiger partial charge in [-0.3, -0.25) is 19.3 Å². The summed E-state index contributed by atoms with van der Waals surface area (Å²) in [6.45, 7) is 1.74. The average molecular weight is 452 g/mol. The van der Waals surface area contributed by atoms with Crippen molar-refractivity contribution in [1.82, 2.24) is 19.7 Å². The number of imide groups is 1. The molecular weight excluding hydrogens is 427 g/mol. The standard InChI is InChI=1S/C24H25FN4O4/c25-18-4-1-3-15(10-18)7-8-28-23(32)19(26-24(28)33)11-22(31)27-12-16-9-17(14-27)20-5-2-6-21(30)29(20)13-16/h1-6,10,16-17,19H,7-9,11-14H2,(H,26,33)/t16-,17+,19+/m1/s1. The number of rotatable bonds is 5. The fraction of sp³-hybridized carbons (Fsp3) is 0.417. The lowest BCUT2D eigenvalue weighted by Gasteiger charge is -2.43. The van der Waals surface area contributed by atoms with Gasteiger partial charge in [0, 0.05) is 43.9 Å². The summed E-state index contributed by atoms with van der Waals surface area (Å²) in [5.74, 6) is -0.697. The molecule has 9 heteroatoms. The van der Waals surface area contributed by atoms with Crippen LogP contribution in [-0.2, 0) is 22.6 Å². The van der Waals surface area contributed by atoms with E-state index in [9.17, 15) is 23.6 Å². The highest BCUT2D eigenvalue weighted by atomic mass is 19.1. The number of carbonyl (C=O) groups excluding carboxylic acids is 3. The van der Waals surface area contributed by atoms with Crippen LogP contribution in [0, 0.1) is 11.7 Å². The Labute approximate surface area is 190 Å². The molecule has 2 saturated heterocycles. The van der Waals surface area contributed by atoms with Crippen LogP contribution in [-0.4, -0.2) is 57.9 Å². The zero-order chi connectivity index (χ0) is 23.1. The number of likely N-dealkylation sites (tertiary alicyclic amines) is 1. The smallest absolute Gasteiger partial charge is 0.324 e. The fourth-order valence-electron chi connectivity index (χ4n) is 5.26. The second-order valence-electron chi connectivity index (χ2n) is 9.07. The minimum atomic E-state index is -0.894. The number of piperidine rings is 1. The highest BCUT2D eigenvalue weighted by molar-refractivity contribution is 6.05. The zero-order valence-corrected chi connectivity index (χ0v) is 18.1. The van der Waals surface area contributed by atoms with Crippen LogP contribution < -0.4 is 10.9 Å². The lowest BCUT2D eigenvalue weighted by atomic mass is 9.83. The predicted molar refractivity (Wildman–Crippen MR) is 117 cm³/mol. The van der Waals surface area contributed by atoms with E-state index in [1.165, 1.54) is 12.1 Å². The summed E-state index contributed by atoms with van der Waals surface area (Å²) in [7, 11) is 0. The van der Waals surface area contributed by atoms with E-state index < -0.39 is 18.0 Å². The van der Waals surface area contributed by atoms with Gasteiger partial charge in [-0.25, -0.2) is 9.18 Å². The Hall–Kier alpha value is -3.49. The first-order chi connectivity index (χ1) is 15.9. The van der Waals surface area contributed by atoms with Crippen molar-refractivity contribution in [2.24, 2.45) is 5.92 Å². The molecule has 1 N–H and O–H groups in total. The lowest BCUT2D eigenvalue weighted by molar-refractivity contribution is -0.137. The van der Waals surface area contributed by atoms with Crippen molar-refractivity contribution in [2.75, 3.05) is 19.6 Å². The van der Waals surface area contributed by atoms with Gasteiger partial charge in [-0.2, -0.15) is 0 Å². The molecule has 1 aromatic heterocycles. The molecule has 33 heavy (non-hydrogen) atoms. The van der Waals surface area contributed by atoms with E-state index in [1.54, 1.807) is 33.7 Å². The Balaban J connectivity index is 1.21. The highest BCUT2D eigenvalue weighted by Gasteiger charge is 2.41. The summed E-state index contributed by atoms with van der Waals surface area (Å²) in [5.41, 5.74) is 1.62. The number of carbonyl (C=O) groups is 3. The maximum atomic E-state index is 13.4. The number of nitrogens with one attached hydrogen (secondary N) is 1. The SMILES string of the molecule is O=C(C[C@@H]1NC(=O)N(CCc2cccc(F)c2)C1=O)N1C[C@H]2C[C@@H](C1)c1cccc(=O)n1C2. The number of aromatic nitrogens is 1. The number of pyridine rings is 1. The maximum absolute atomic E-state index is 13.4. The van der Waals surface area contributed by atoms with Crippen molar-refractivity contribution < 1.29 is 18.8 Å². The molecule has 4 amide bonds. The second-order valence-corrected chi connectivity index (χ2v) is 9.07. The van der Waals surface area contributed by atoms with Crippen LogP contribution in [0.2, 0.25) is 0 Å².